The molecule has 0 amide bonds. The molecule has 1 spiro atoms. The van der Waals surface area contributed by atoms with E-state index in [9.17, 15) is 19.8 Å². The van der Waals surface area contributed by atoms with Crippen molar-refractivity contribution in [3.63, 3.8) is 0 Å². The molecule has 2 aromatic rings. The molecule has 4 rings (SSSR count). The molecule has 0 aliphatic heterocycles. The van der Waals surface area contributed by atoms with Gasteiger partial charge < -0.3 is 19.7 Å². The molecule has 0 saturated heterocycles. The number of phenolic OH excluding ortho intramolecular Hbond substituents is 2. The van der Waals surface area contributed by atoms with E-state index in [0.29, 0.717) is 48.3 Å². The van der Waals surface area contributed by atoms with Gasteiger partial charge in [-0.2, -0.15) is 0 Å². The van der Waals surface area contributed by atoms with Gasteiger partial charge in [0.05, 0.1) is 0 Å². The smallest absolute Gasteiger partial charge is 0.308 e. The van der Waals surface area contributed by atoms with Crippen molar-refractivity contribution in [2.24, 2.45) is 0 Å². The van der Waals surface area contributed by atoms with Crippen LogP contribution in [0.1, 0.15) is 48.9 Å². The first-order valence-electron chi connectivity index (χ1n) is 8.91. The molecule has 27 heavy (non-hydrogen) atoms. The summed E-state index contributed by atoms with van der Waals surface area (Å²) in [6, 6.07) is 6.24. The van der Waals surface area contributed by atoms with Crippen LogP contribution in [0, 0.1) is 0 Å². The Morgan fingerprint density at radius 3 is 1.59 bits per heavy atom. The Morgan fingerprint density at radius 1 is 0.815 bits per heavy atom. The van der Waals surface area contributed by atoms with Crippen molar-refractivity contribution in [2.45, 2.75) is 44.9 Å². The highest BCUT2D eigenvalue weighted by atomic mass is 16.5. The molecule has 0 radical (unpaired) electrons. The molecular formula is C21H20O6. The van der Waals surface area contributed by atoms with E-state index in [-0.39, 0.29) is 11.5 Å². The summed E-state index contributed by atoms with van der Waals surface area (Å²) in [5, 5.41) is 21.3. The predicted octanol–water partition coefficient (Wildman–Crippen LogP) is 3.13. The quantitative estimate of drug-likeness (QED) is 0.625. The lowest BCUT2D eigenvalue weighted by Crippen LogP contribution is -2.21. The molecule has 0 bridgehead atoms. The average Bonchev–Trinajstić information content (AvgIpc) is 3.17. The average molecular weight is 368 g/mol. The molecule has 2 aromatic carbocycles. The molecule has 0 saturated carbocycles. The Morgan fingerprint density at radius 2 is 1.22 bits per heavy atom. The van der Waals surface area contributed by atoms with Crippen LogP contribution in [0.3, 0.4) is 0 Å². The molecule has 6 nitrogen and oxygen atoms in total. The number of fused-ring (bicyclic) bond motifs is 4. The Labute approximate surface area is 156 Å². The summed E-state index contributed by atoms with van der Waals surface area (Å²) in [4.78, 5) is 22.9. The summed E-state index contributed by atoms with van der Waals surface area (Å²) in [5.74, 6) is 0.269. The highest BCUT2D eigenvalue weighted by Gasteiger charge is 2.50. The summed E-state index contributed by atoms with van der Waals surface area (Å²) in [5.41, 5.74) is 2.36. The van der Waals surface area contributed by atoms with E-state index < -0.39 is 17.4 Å². The van der Waals surface area contributed by atoms with Crippen LogP contribution >= 0.6 is 0 Å². The van der Waals surface area contributed by atoms with Crippen LogP contribution in [0.5, 0.6) is 23.0 Å². The Bertz CT molecular complexity index is 896. The minimum absolute atomic E-state index is 0.114. The topological polar surface area (TPSA) is 93.1 Å². The molecule has 0 fully saturated rings. The number of aromatic hydroxyl groups is 2. The molecule has 2 aliphatic rings. The lowest BCUT2D eigenvalue weighted by atomic mass is 9.75. The van der Waals surface area contributed by atoms with Gasteiger partial charge in [-0.25, -0.2) is 0 Å². The summed E-state index contributed by atoms with van der Waals surface area (Å²) in [6.45, 7) is 2.68. The van der Waals surface area contributed by atoms with Crippen molar-refractivity contribution in [3.8, 4) is 23.0 Å². The van der Waals surface area contributed by atoms with Crippen LogP contribution in [-0.4, -0.2) is 22.2 Å². The molecule has 0 unspecified atom stereocenters. The first kappa shape index (κ1) is 17.4. The third-order valence-corrected chi connectivity index (χ3v) is 5.56. The number of rotatable bonds is 2. The van der Waals surface area contributed by atoms with Gasteiger partial charge >= 0.3 is 11.9 Å². The highest BCUT2D eigenvalue weighted by molar-refractivity contribution is 5.74. The zero-order chi connectivity index (χ0) is 19.3. The third kappa shape index (κ3) is 2.55. The molecule has 2 N–H and O–H groups in total. The predicted molar refractivity (Wildman–Crippen MR) is 96.3 cm³/mol. The normalized spacial score (nSPS) is 16.1. The van der Waals surface area contributed by atoms with Gasteiger partial charge in [0.1, 0.15) is 23.0 Å². The summed E-state index contributed by atoms with van der Waals surface area (Å²) in [6.07, 6.45) is 2.56. The number of hydrogen-bond acceptors (Lipinski definition) is 6. The fourth-order valence-electron chi connectivity index (χ4n) is 4.72. The zero-order valence-electron chi connectivity index (χ0n) is 15.2. The van der Waals surface area contributed by atoms with E-state index in [1.54, 1.807) is 12.1 Å². The van der Waals surface area contributed by atoms with Crippen LogP contribution in [-0.2, 0) is 27.8 Å². The van der Waals surface area contributed by atoms with Gasteiger partial charge in [-0.15, -0.1) is 0 Å². The van der Waals surface area contributed by atoms with Crippen molar-refractivity contribution in [3.05, 3.63) is 46.5 Å². The molecule has 140 valence electrons. The van der Waals surface area contributed by atoms with Crippen molar-refractivity contribution in [2.75, 3.05) is 0 Å². The highest BCUT2D eigenvalue weighted by Crippen LogP contribution is 2.60. The first-order valence-corrected chi connectivity index (χ1v) is 8.91. The number of carbonyl (C=O) groups excluding carboxylic acids is 2. The van der Waals surface area contributed by atoms with E-state index >= 15 is 0 Å². The van der Waals surface area contributed by atoms with Gasteiger partial charge in [-0.1, -0.05) is 0 Å². The molecular weight excluding hydrogens is 348 g/mol. The van der Waals surface area contributed by atoms with Crippen molar-refractivity contribution in [1.29, 1.82) is 0 Å². The first-order chi connectivity index (χ1) is 12.8. The number of ether oxygens (including phenoxy) is 2. The van der Waals surface area contributed by atoms with Crippen LogP contribution in [0.25, 0.3) is 0 Å². The Kier molecular flexibility index (Phi) is 3.87. The molecule has 0 aromatic heterocycles. The molecule has 0 atom stereocenters. The Balaban J connectivity index is 1.92. The van der Waals surface area contributed by atoms with Gasteiger partial charge in [-0.3, -0.25) is 9.59 Å². The molecule has 2 aliphatic carbocycles. The van der Waals surface area contributed by atoms with Crippen molar-refractivity contribution < 1.29 is 29.3 Å². The fourth-order valence-corrected chi connectivity index (χ4v) is 4.72. The SMILES string of the molecule is CC(=O)Oc1ccc(O)c2c1CCC21CCc2c(OC(C)=O)ccc(O)c21. The van der Waals surface area contributed by atoms with Crippen LogP contribution in [0.2, 0.25) is 0 Å². The van der Waals surface area contributed by atoms with Gasteiger partial charge in [0.2, 0.25) is 0 Å². The van der Waals surface area contributed by atoms with E-state index in [2.05, 4.69) is 0 Å². The minimum Gasteiger partial charge on any atom is -0.508 e. The largest absolute Gasteiger partial charge is 0.508 e. The van der Waals surface area contributed by atoms with Gasteiger partial charge in [-0.05, 0) is 49.9 Å². The standard InChI is InChI=1S/C21H20O6/c1-11(22)26-17-5-3-15(24)19-13(17)7-9-21(19)10-8-14-18(27-12(2)23)6-4-16(25)20(14)21/h3-6,24-25H,7-10H2,1-2H3. The van der Waals surface area contributed by atoms with Crippen LogP contribution < -0.4 is 9.47 Å². The number of hydrogen-bond donors (Lipinski definition) is 2. The van der Waals surface area contributed by atoms with Gasteiger partial charge in [0.15, 0.2) is 0 Å². The van der Waals surface area contributed by atoms with Gasteiger partial charge in [0.25, 0.3) is 0 Å². The second kappa shape index (κ2) is 6.01. The Hall–Kier alpha value is -3.02. The fraction of sp³-hybridized carbons (Fsp3) is 0.333. The number of esters is 2. The number of benzene rings is 2. The van der Waals surface area contributed by atoms with Crippen molar-refractivity contribution >= 4 is 11.9 Å². The van der Waals surface area contributed by atoms with Crippen LogP contribution in [0.4, 0.5) is 0 Å². The third-order valence-electron chi connectivity index (χ3n) is 5.56. The maximum atomic E-state index is 11.4. The lowest BCUT2D eigenvalue weighted by molar-refractivity contribution is -0.132. The monoisotopic (exact) mass is 368 g/mol. The van der Waals surface area contributed by atoms with Gasteiger partial charge in [0, 0.05) is 41.5 Å². The molecule has 0 heterocycles. The van der Waals surface area contributed by atoms with E-state index in [1.165, 1.54) is 26.0 Å². The summed E-state index contributed by atoms with van der Waals surface area (Å²) in [7, 11) is 0. The number of carbonyl (C=O) groups is 2. The summed E-state index contributed by atoms with van der Waals surface area (Å²) < 4.78 is 10.7. The van der Waals surface area contributed by atoms with E-state index in [0.717, 1.165) is 11.1 Å². The second-order valence-corrected chi connectivity index (χ2v) is 7.14. The maximum absolute atomic E-state index is 11.4. The summed E-state index contributed by atoms with van der Waals surface area (Å²) >= 11 is 0. The zero-order valence-corrected chi connectivity index (χ0v) is 15.2. The lowest BCUT2D eigenvalue weighted by Gasteiger charge is -2.28. The second-order valence-electron chi connectivity index (χ2n) is 7.14. The minimum atomic E-state index is -0.592. The molecule has 6 heteroatoms. The van der Waals surface area contributed by atoms with E-state index in [1.807, 2.05) is 0 Å². The van der Waals surface area contributed by atoms with Crippen LogP contribution in [0.15, 0.2) is 24.3 Å². The number of phenols is 2. The van der Waals surface area contributed by atoms with E-state index in [4.69, 9.17) is 9.47 Å². The van der Waals surface area contributed by atoms with Crippen molar-refractivity contribution in [1.82, 2.24) is 0 Å². The maximum Gasteiger partial charge on any atom is 0.308 e.